The molecule has 0 saturated carbocycles. The fourth-order valence-corrected chi connectivity index (χ4v) is 3.46. The molecule has 1 amide bonds. The van der Waals surface area contributed by atoms with E-state index in [0.717, 1.165) is 11.5 Å². The highest BCUT2D eigenvalue weighted by molar-refractivity contribution is 7.98. The fourth-order valence-electron chi connectivity index (χ4n) is 1.70. The van der Waals surface area contributed by atoms with Gasteiger partial charge in [-0.05, 0) is 34.5 Å². The van der Waals surface area contributed by atoms with Crippen LogP contribution in [-0.4, -0.2) is 23.1 Å². The number of nitro groups is 1. The first-order valence-electron chi connectivity index (χ1n) is 6.39. The van der Waals surface area contributed by atoms with E-state index in [0.29, 0.717) is 6.54 Å². The first kappa shape index (κ1) is 16.8. The molecular weight excluding hydrogens is 344 g/mol. The van der Waals surface area contributed by atoms with Crippen LogP contribution in [0.2, 0.25) is 5.02 Å². The Morgan fingerprint density at radius 2 is 2.23 bits per heavy atom. The lowest BCUT2D eigenvalue weighted by Gasteiger charge is -2.05. The maximum absolute atomic E-state index is 11.9. The second-order valence-corrected chi connectivity index (χ2v) is 6.66. The molecule has 0 unspecified atom stereocenters. The summed E-state index contributed by atoms with van der Waals surface area (Å²) in [6.07, 6.45) is 0. The lowest BCUT2D eigenvalue weighted by atomic mass is 10.2. The van der Waals surface area contributed by atoms with Crippen molar-refractivity contribution >= 4 is 46.3 Å². The molecule has 0 aliphatic carbocycles. The number of hydrogen-bond donors (Lipinski definition) is 1. The molecule has 1 heterocycles. The molecule has 0 spiro atoms. The Bertz CT molecular complexity index is 662. The molecule has 1 N–H and O–H groups in total. The van der Waals surface area contributed by atoms with Crippen molar-refractivity contribution in [2.75, 3.05) is 12.3 Å². The Kier molecular flexibility index (Phi) is 6.23. The number of rotatable bonds is 7. The van der Waals surface area contributed by atoms with Crippen LogP contribution in [0, 0.1) is 10.1 Å². The van der Waals surface area contributed by atoms with Crippen LogP contribution in [0.15, 0.2) is 35.0 Å². The van der Waals surface area contributed by atoms with Gasteiger partial charge in [-0.25, -0.2) is 0 Å². The molecule has 2 rings (SSSR count). The molecule has 0 bridgehead atoms. The second kappa shape index (κ2) is 8.17. The van der Waals surface area contributed by atoms with Gasteiger partial charge in [-0.2, -0.15) is 23.1 Å². The second-order valence-electron chi connectivity index (χ2n) is 4.36. The summed E-state index contributed by atoms with van der Waals surface area (Å²) in [6, 6.07) is 6.10. The van der Waals surface area contributed by atoms with Crippen LogP contribution >= 0.6 is 34.7 Å². The number of amides is 1. The lowest BCUT2D eigenvalue weighted by Crippen LogP contribution is -2.25. The fraction of sp³-hybridized carbons (Fsp3) is 0.214. The third-order valence-electron chi connectivity index (χ3n) is 2.79. The molecule has 0 fully saturated rings. The highest BCUT2D eigenvalue weighted by Gasteiger charge is 2.15. The number of hydrogen-bond acceptors (Lipinski definition) is 5. The van der Waals surface area contributed by atoms with E-state index >= 15 is 0 Å². The van der Waals surface area contributed by atoms with Gasteiger partial charge in [0, 0.05) is 29.7 Å². The average molecular weight is 357 g/mol. The SMILES string of the molecule is O=C(NCCSCc1ccsc1)c1ccc(Cl)c([N+](=O)[O-])c1. The van der Waals surface area contributed by atoms with Crippen LogP contribution in [0.3, 0.4) is 0 Å². The van der Waals surface area contributed by atoms with Crippen molar-refractivity contribution in [3.63, 3.8) is 0 Å². The van der Waals surface area contributed by atoms with E-state index in [1.54, 1.807) is 23.1 Å². The summed E-state index contributed by atoms with van der Waals surface area (Å²) in [7, 11) is 0. The van der Waals surface area contributed by atoms with Gasteiger partial charge in [-0.1, -0.05) is 11.6 Å². The summed E-state index contributed by atoms with van der Waals surface area (Å²) in [5.74, 6) is 1.35. The van der Waals surface area contributed by atoms with Crippen LogP contribution < -0.4 is 5.32 Å². The smallest absolute Gasteiger partial charge is 0.288 e. The van der Waals surface area contributed by atoms with Gasteiger partial charge in [0.15, 0.2) is 0 Å². The molecular formula is C14H13ClN2O3S2. The van der Waals surface area contributed by atoms with Crippen molar-refractivity contribution in [2.45, 2.75) is 5.75 Å². The number of carbonyl (C=O) groups is 1. The van der Waals surface area contributed by atoms with E-state index in [1.165, 1.54) is 23.8 Å². The van der Waals surface area contributed by atoms with Crippen molar-refractivity contribution < 1.29 is 9.72 Å². The van der Waals surface area contributed by atoms with Crippen LogP contribution in [0.1, 0.15) is 15.9 Å². The summed E-state index contributed by atoms with van der Waals surface area (Å²) in [5, 5.41) is 17.7. The van der Waals surface area contributed by atoms with Crippen LogP contribution in [0.5, 0.6) is 0 Å². The van der Waals surface area contributed by atoms with E-state index in [1.807, 2.05) is 5.38 Å². The number of halogens is 1. The number of nitro benzene ring substituents is 1. The summed E-state index contributed by atoms with van der Waals surface area (Å²) in [4.78, 5) is 22.1. The minimum atomic E-state index is -0.601. The van der Waals surface area contributed by atoms with Gasteiger partial charge in [-0.15, -0.1) is 0 Å². The molecule has 1 aromatic heterocycles. The predicted octanol–water partition coefficient (Wildman–Crippen LogP) is 3.97. The normalized spacial score (nSPS) is 10.4. The maximum Gasteiger partial charge on any atom is 0.288 e. The Morgan fingerprint density at radius 1 is 1.41 bits per heavy atom. The first-order valence-corrected chi connectivity index (χ1v) is 8.86. The minimum absolute atomic E-state index is 0.0212. The Morgan fingerprint density at radius 3 is 2.91 bits per heavy atom. The van der Waals surface area contributed by atoms with E-state index in [4.69, 9.17) is 11.6 Å². The molecule has 0 radical (unpaired) electrons. The molecule has 2 aromatic rings. The van der Waals surface area contributed by atoms with E-state index in [2.05, 4.69) is 16.8 Å². The number of thiophene rings is 1. The van der Waals surface area contributed by atoms with Crippen molar-refractivity contribution in [2.24, 2.45) is 0 Å². The zero-order valence-electron chi connectivity index (χ0n) is 11.5. The highest BCUT2D eigenvalue weighted by atomic mass is 35.5. The molecule has 1 aromatic carbocycles. The number of carbonyl (C=O) groups excluding carboxylic acids is 1. The van der Waals surface area contributed by atoms with Gasteiger partial charge >= 0.3 is 0 Å². The van der Waals surface area contributed by atoms with Crippen molar-refractivity contribution in [1.29, 1.82) is 0 Å². The highest BCUT2D eigenvalue weighted by Crippen LogP contribution is 2.25. The standard InChI is InChI=1S/C14H13ClN2O3S2/c15-12-2-1-11(7-13(12)17(19)20)14(18)16-4-6-22-9-10-3-5-21-8-10/h1-3,5,7-8H,4,6,9H2,(H,16,18). The molecule has 22 heavy (non-hydrogen) atoms. The number of nitrogens with zero attached hydrogens (tertiary/aromatic N) is 1. The summed E-state index contributed by atoms with van der Waals surface area (Å²) in [5.41, 5.74) is 1.25. The molecule has 0 saturated heterocycles. The minimum Gasteiger partial charge on any atom is -0.351 e. The van der Waals surface area contributed by atoms with Gasteiger partial charge in [-0.3, -0.25) is 14.9 Å². The number of benzene rings is 1. The summed E-state index contributed by atoms with van der Waals surface area (Å²) >= 11 is 9.10. The van der Waals surface area contributed by atoms with Crippen LogP contribution in [-0.2, 0) is 5.75 Å². The molecule has 8 heteroatoms. The van der Waals surface area contributed by atoms with Crippen molar-refractivity contribution in [1.82, 2.24) is 5.32 Å². The Labute approximate surface area is 140 Å². The number of nitrogens with one attached hydrogen (secondary N) is 1. The summed E-state index contributed by atoms with van der Waals surface area (Å²) in [6.45, 7) is 0.504. The first-order chi connectivity index (χ1) is 10.6. The van der Waals surface area contributed by atoms with Gasteiger partial charge < -0.3 is 5.32 Å². The zero-order chi connectivity index (χ0) is 15.9. The molecule has 0 atom stereocenters. The quantitative estimate of drug-likeness (QED) is 0.463. The van der Waals surface area contributed by atoms with Crippen LogP contribution in [0.4, 0.5) is 5.69 Å². The maximum atomic E-state index is 11.9. The number of thioether (sulfide) groups is 1. The monoisotopic (exact) mass is 356 g/mol. The Balaban J connectivity index is 1.79. The van der Waals surface area contributed by atoms with E-state index < -0.39 is 4.92 Å². The summed E-state index contributed by atoms with van der Waals surface area (Å²) < 4.78 is 0. The molecule has 116 valence electrons. The third-order valence-corrected chi connectivity index (χ3v) is 4.87. The molecule has 0 aliphatic heterocycles. The van der Waals surface area contributed by atoms with Gasteiger partial charge in [0.25, 0.3) is 11.6 Å². The molecule has 5 nitrogen and oxygen atoms in total. The van der Waals surface area contributed by atoms with Gasteiger partial charge in [0.05, 0.1) is 4.92 Å². The van der Waals surface area contributed by atoms with Gasteiger partial charge in [0.1, 0.15) is 5.02 Å². The van der Waals surface area contributed by atoms with Crippen LogP contribution in [0.25, 0.3) is 0 Å². The Hall–Kier alpha value is -1.57. The van der Waals surface area contributed by atoms with Crippen molar-refractivity contribution in [3.05, 3.63) is 61.3 Å². The van der Waals surface area contributed by atoms with Crippen molar-refractivity contribution in [3.8, 4) is 0 Å². The third kappa shape index (κ3) is 4.72. The largest absolute Gasteiger partial charge is 0.351 e. The topological polar surface area (TPSA) is 72.2 Å². The average Bonchev–Trinajstić information content (AvgIpc) is 3.00. The van der Waals surface area contributed by atoms with Gasteiger partial charge in [0.2, 0.25) is 0 Å². The lowest BCUT2D eigenvalue weighted by molar-refractivity contribution is -0.384. The predicted molar refractivity (Wildman–Crippen MR) is 90.9 cm³/mol. The van der Waals surface area contributed by atoms with E-state index in [-0.39, 0.29) is 22.2 Å². The molecule has 0 aliphatic rings. The zero-order valence-corrected chi connectivity index (χ0v) is 13.8. The van der Waals surface area contributed by atoms with E-state index in [9.17, 15) is 14.9 Å².